The zero-order valence-corrected chi connectivity index (χ0v) is 11.8. The van der Waals surface area contributed by atoms with Crippen molar-refractivity contribution in [3.05, 3.63) is 35.6 Å². The first kappa shape index (κ1) is 14.9. The molecule has 0 saturated carbocycles. The van der Waals surface area contributed by atoms with Gasteiger partial charge < -0.3 is 15.0 Å². The van der Waals surface area contributed by atoms with E-state index in [0.717, 1.165) is 0 Å². The van der Waals surface area contributed by atoms with Gasteiger partial charge in [-0.2, -0.15) is 0 Å². The number of carbonyl (C=O) groups is 1. The number of benzene rings is 1. The summed E-state index contributed by atoms with van der Waals surface area (Å²) in [6.07, 6.45) is 0.572. The number of amides is 1. The average Bonchev–Trinajstić information content (AvgIpc) is 2.48. The quantitative estimate of drug-likeness (QED) is 0.881. The molecule has 0 unspecified atom stereocenters. The molecule has 0 bridgehead atoms. The Kier molecular flexibility index (Phi) is 5.49. The van der Waals surface area contributed by atoms with Crippen molar-refractivity contribution in [2.75, 3.05) is 32.8 Å². The molecule has 1 fully saturated rings. The topological polar surface area (TPSA) is 41.6 Å². The van der Waals surface area contributed by atoms with Crippen LogP contribution in [0.15, 0.2) is 24.3 Å². The van der Waals surface area contributed by atoms with Gasteiger partial charge in [-0.05, 0) is 25.0 Å². The Hall–Kier alpha value is -1.46. The van der Waals surface area contributed by atoms with Crippen LogP contribution >= 0.6 is 0 Å². The molecule has 1 N–H and O–H groups in total. The van der Waals surface area contributed by atoms with Crippen LogP contribution in [0.3, 0.4) is 0 Å². The lowest BCUT2D eigenvalue weighted by Crippen LogP contribution is -2.46. The van der Waals surface area contributed by atoms with Crippen molar-refractivity contribution in [3.63, 3.8) is 0 Å². The molecule has 2 rings (SSSR count). The van der Waals surface area contributed by atoms with Gasteiger partial charge in [-0.15, -0.1) is 0 Å². The largest absolute Gasteiger partial charge is 0.378 e. The lowest BCUT2D eigenvalue weighted by molar-refractivity contribution is -0.134. The Labute approximate surface area is 118 Å². The third-order valence-electron chi connectivity index (χ3n) is 3.45. The zero-order chi connectivity index (χ0) is 14.4. The third kappa shape index (κ3) is 4.28. The number of hydrogen-bond donors (Lipinski definition) is 1. The number of carbonyl (C=O) groups excluding carboxylic acids is 1. The van der Waals surface area contributed by atoms with Gasteiger partial charge in [-0.3, -0.25) is 4.79 Å². The van der Waals surface area contributed by atoms with E-state index in [1.165, 1.54) is 6.07 Å². The van der Waals surface area contributed by atoms with Crippen LogP contribution in [0, 0.1) is 5.82 Å². The van der Waals surface area contributed by atoms with E-state index >= 15 is 0 Å². The molecule has 1 atom stereocenters. The number of rotatable bonds is 5. The molecule has 1 aromatic rings. The molecule has 0 aromatic heterocycles. The zero-order valence-electron chi connectivity index (χ0n) is 11.8. The van der Waals surface area contributed by atoms with Crippen molar-refractivity contribution < 1.29 is 13.9 Å². The number of ether oxygens (including phenoxy) is 1. The van der Waals surface area contributed by atoms with Gasteiger partial charge in [0, 0.05) is 19.1 Å². The van der Waals surface area contributed by atoms with E-state index in [1.54, 1.807) is 17.0 Å². The first-order chi connectivity index (χ1) is 9.66. The average molecular weight is 280 g/mol. The standard InChI is InChI=1S/C15H21FN2O2/c1-12(10-13-4-2-3-5-14(13)16)17-11-15(19)18-6-8-20-9-7-18/h2-5,12,17H,6-11H2,1H3/t12-/m0/s1. The molecule has 1 saturated heterocycles. The van der Waals surface area contributed by atoms with Gasteiger partial charge in [0.2, 0.25) is 5.91 Å². The predicted molar refractivity (Wildman–Crippen MR) is 75.0 cm³/mol. The van der Waals surface area contributed by atoms with Gasteiger partial charge in [0.25, 0.3) is 0 Å². The van der Waals surface area contributed by atoms with Crippen molar-refractivity contribution >= 4 is 5.91 Å². The Morgan fingerprint density at radius 3 is 2.80 bits per heavy atom. The molecule has 0 spiro atoms. The molecular weight excluding hydrogens is 259 g/mol. The normalized spacial score (nSPS) is 17.0. The van der Waals surface area contributed by atoms with E-state index in [-0.39, 0.29) is 24.3 Å². The van der Waals surface area contributed by atoms with Gasteiger partial charge in [0.1, 0.15) is 5.82 Å². The van der Waals surface area contributed by atoms with Gasteiger partial charge in [-0.1, -0.05) is 18.2 Å². The summed E-state index contributed by atoms with van der Waals surface area (Å²) in [6, 6.07) is 6.79. The highest BCUT2D eigenvalue weighted by Gasteiger charge is 2.17. The molecule has 110 valence electrons. The fraction of sp³-hybridized carbons (Fsp3) is 0.533. The Morgan fingerprint density at radius 1 is 1.40 bits per heavy atom. The summed E-state index contributed by atoms with van der Waals surface area (Å²) in [5, 5.41) is 3.16. The van der Waals surface area contributed by atoms with Crippen molar-refractivity contribution in [1.29, 1.82) is 0 Å². The molecule has 1 aliphatic rings. The molecule has 1 amide bonds. The smallest absolute Gasteiger partial charge is 0.236 e. The number of nitrogens with zero attached hydrogens (tertiary/aromatic N) is 1. The van der Waals surface area contributed by atoms with Crippen LogP contribution in [0.5, 0.6) is 0 Å². The summed E-state index contributed by atoms with van der Waals surface area (Å²) in [4.78, 5) is 13.8. The third-order valence-corrected chi connectivity index (χ3v) is 3.45. The lowest BCUT2D eigenvalue weighted by atomic mass is 10.1. The highest BCUT2D eigenvalue weighted by molar-refractivity contribution is 5.78. The van der Waals surface area contributed by atoms with Gasteiger partial charge >= 0.3 is 0 Å². The van der Waals surface area contributed by atoms with Gasteiger partial charge in [0.15, 0.2) is 0 Å². The van der Waals surface area contributed by atoms with Gasteiger partial charge in [0.05, 0.1) is 19.8 Å². The molecule has 20 heavy (non-hydrogen) atoms. The van der Waals surface area contributed by atoms with Crippen LogP contribution in [0.25, 0.3) is 0 Å². The van der Waals surface area contributed by atoms with E-state index in [9.17, 15) is 9.18 Å². The summed E-state index contributed by atoms with van der Waals surface area (Å²) < 4.78 is 18.7. The number of halogens is 1. The minimum absolute atomic E-state index is 0.0527. The summed E-state index contributed by atoms with van der Waals surface area (Å²) in [6.45, 7) is 4.77. The maximum absolute atomic E-state index is 13.5. The van der Waals surface area contributed by atoms with Crippen LogP contribution in [0.2, 0.25) is 0 Å². The maximum Gasteiger partial charge on any atom is 0.236 e. The fourth-order valence-corrected chi connectivity index (χ4v) is 2.25. The Morgan fingerprint density at radius 2 is 2.10 bits per heavy atom. The predicted octanol–water partition coefficient (Wildman–Crippen LogP) is 1.21. The molecule has 1 aliphatic heterocycles. The second-order valence-electron chi connectivity index (χ2n) is 5.07. The van der Waals surface area contributed by atoms with Crippen molar-refractivity contribution in [3.8, 4) is 0 Å². The summed E-state index contributed by atoms with van der Waals surface area (Å²) in [5.41, 5.74) is 0.673. The molecule has 0 radical (unpaired) electrons. The first-order valence-electron chi connectivity index (χ1n) is 6.99. The first-order valence-corrected chi connectivity index (χ1v) is 6.99. The molecule has 4 nitrogen and oxygen atoms in total. The van der Waals surface area contributed by atoms with Crippen LogP contribution < -0.4 is 5.32 Å². The van der Waals surface area contributed by atoms with Crippen LogP contribution in [-0.4, -0.2) is 49.7 Å². The van der Waals surface area contributed by atoms with Gasteiger partial charge in [-0.25, -0.2) is 4.39 Å². The summed E-state index contributed by atoms with van der Waals surface area (Å²) in [7, 11) is 0. The fourth-order valence-electron chi connectivity index (χ4n) is 2.25. The van der Waals surface area contributed by atoms with E-state index in [2.05, 4.69) is 5.32 Å². The minimum atomic E-state index is -0.194. The Bertz CT molecular complexity index is 447. The van der Waals surface area contributed by atoms with Crippen molar-refractivity contribution in [2.45, 2.75) is 19.4 Å². The highest BCUT2D eigenvalue weighted by atomic mass is 19.1. The SMILES string of the molecule is C[C@@H](Cc1ccccc1F)NCC(=O)N1CCOCC1. The molecule has 1 heterocycles. The molecule has 5 heteroatoms. The second kappa shape index (κ2) is 7.36. The van der Waals surface area contributed by atoms with Crippen LogP contribution in [0.1, 0.15) is 12.5 Å². The van der Waals surface area contributed by atoms with E-state index < -0.39 is 0 Å². The molecular formula is C15H21FN2O2. The number of hydrogen-bond acceptors (Lipinski definition) is 3. The maximum atomic E-state index is 13.5. The van der Waals surface area contributed by atoms with Crippen molar-refractivity contribution in [2.24, 2.45) is 0 Å². The van der Waals surface area contributed by atoms with E-state index in [1.807, 2.05) is 13.0 Å². The van der Waals surface area contributed by atoms with Crippen LogP contribution in [0.4, 0.5) is 4.39 Å². The minimum Gasteiger partial charge on any atom is -0.378 e. The Balaban J connectivity index is 1.76. The number of morpholine rings is 1. The highest BCUT2D eigenvalue weighted by Crippen LogP contribution is 2.09. The van der Waals surface area contributed by atoms with E-state index in [4.69, 9.17) is 4.74 Å². The second-order valence-corrected chi connectivity index (χ2v) is 5.07. The molecule has 1 aromatic carbocycles. The van der Waals surface area contributed by atoms with Crippen LogP contribution in [-0.2, 0) is 16.0 Å². The molecule has 0 aliphatic carbocycles. The summed E-state index contributed by atoms with van der Waals surface area (Å²) in [5.74, 6) is -0.116. The monoisotopic (exact) mass is 280 g/mol. The summed E-state index contributed by atoms with van der Waals surface area (Å²) >= 11 is 0. The lowest BCUT2D eigenvalue weighted by Gasteiger charge is -2.27. The number of nitrogens with one attached hydrogen (secondary N) is 1. The van der Waals surface area contributed by atoms with Crippen molar-refractivity contribution in [1.82, 2.24) is 10.2 Å². The van der Waals surface area contributed by atoms with E-state index in [0.29, 0.717) is 38.3 Å².